The molecule has 0 unspecified atom stereocenters. The Kier molecular flexibility index (Phi) is 8.07. The molecule has 0 amide bonds. The van der Waals surface area contributed by atoms with Gasteiger partial charge in [-0.3, -0.25) is 0 Å². The highest BCUT2D eigenvalue weighted by atomic mass is 28.2. The van der Waals surface area contributed by atoms with Gasteiger partial charge in [0.1, 0.15) is 0 Å². The molecule has 84 valence electrons. The molecule has 2 heteroatoms. The first-order chi connectivity index (χ1) is 5.66. The fourth-order valence-electron chi connectivity index (χ4n) is 1.56. The predicted octanol–water partition coefficient (Wildman–Crippen LogP) is 3.46. The van der Waals surface area contributed by atoms with Crippen LogP contribution in [0.15, 0.2) is 22.3 Å². The summed E-state index contributed by atoms with van der Waals surface area (Å²) in [4.78, 5) is 0. The molecule has 0 atom stereocenters. The van der Waals surface area contributed by atoms with Crippen LogP contribution in [-0.2, 0) is 4.43 Å². The van der Waals surface area contributed by atoms with Crippen LogP contribution in [0.1, 0.15) is 42.0 Å². The second kappa shape index (κ2) is 7.02. The Labute approximate surface area is 92.2 Å². The van der Waals surface area contributed by atoms with E-state index in [1.54, 1.807) is 0 Å². The van der Waals surface area contributed by atoms with Gasteiger partial charge in [0.2, 0.25) is 0 Å². The van der Waals surface area contributed by atoms with Gasteiger partial charge in [0.15, 0.2) is 9.76 Å². The molecule has 0 saturated heterocycles. The third kappa shape index (κ3) is 3.43. The second-order valence-electron chi connectivity index (χ2n) is 3.45. The Bertz CT molecular complexity index is 239. The summed E-state index contributed by atoms with van der Waals surface area (Å²) in [6.07, 6.45) is 1.14. The largest absolute Gasteiger partial charge is 0.420 e. The first-order valence-corrected chi connectivity index (χ1v) is 6.59. The minimum absolute atomic E-state index is 0. The van der Waals surface area contributed by atoms with Crippen molar-refractivity contribution >= 4 is 9.76 Å². The molecule has 0 aromatic carbocycles. The molecule has 0 N–H and O–H groups in total. The summed E-state index contributed by atoms with van der Waals surface area (Å²) in [6, 6.07) is 0. The van der Waals surface area contributed by atoms with Crippen molar-refractivity contribution in [2.75, 3.05) is 6.61 Å². The monoisotopic (exact) mass is 214 g/mol. The highest BCUT2D eigenvalue weighted by molar-refractivity contribution is 6.24. The minimum Gasteiger partial charge on any atom is -0.420 e. The quantitative estimate of drug-likeness (QED) is 0.654. The molecule has 1 nitrogen and oxygen atoms in total. The van der Waals surface area contributed by atoms with Crippen molar-refractivity contribution in [3.05, 3.63) is 22.3 Å². The Morgan fingerprint density at radius 1 is 1.14 bits per heavy atom. The van der Waals surface area contributed by atoms with E-state index in [4.69, 9.17) is 4.43 Å². The number of hydrogen-bond acceptors (Lipinski definition) is 1. The van der Waals surface area contributed by atoms with Gasteiger partial charge in [-0.2, -0.15) is 0 Å². The summed E-state index contributed by atoms with van der Waals surface area (Å²) in [7, 11) is -0.229. The fraction of sp³-hybridized carbons (Fsp3) is 0.667. The lowest BCUT2D eigenvalue weighted by atomic mass is 10.1. The van der Waals surface area contributed by atoms with Crippen molar-refractivity contribution in [2.45, 2.75) is 48.6 Å². The number of allylic oxidation sites excluding steroid dienone is 3. The van der Waals surface area contributed by atoms with Crippen molar-refractivity contribution in [1.82, 2.24) is 0 Å². The molecule has 0 radical (unpaired) electrons. The third-order valence-electron chi connectivity index (χ3n) is 2.69. The summed E-state index contributed by atoms with van der Waals surface area (Å²) in [5, 5.41) is 0. The topological polar surface area (TPSA) is 9.23 Å². The summed E-state index contributed by atoms with van der Waals surface area (Å²) in [5.41, 5.74) is 5.96. The van der Waals surface area contributed by atoms with Gasteiger partial charge in [-0.15, -0.1) is 0 Å². The van der Waals surface area contributed by atoms with Gasteiger partial charge < -0.3 is 4.43 Å². The first kappa shape index (κ1) is 16.1. The molecule has 0 heterocycles. The summed E-state index contributed by atoms with van der Waals surface area (Å²) in [5.74, 6) is 0. The molecule has 0 fully saturated rings. The van der Waals surface area contributed by atoms with Crippen LogP contribution in [0.3, 0.4) is 0 Å². The molecule has 1 rings (SSSR count). The maximum absolute atomic E-state index is 5.54. The Hall–Kier alpha value is -0.343. The van der Waals surface area contributed by atoms with E-state index in [0.29, 0.717) is 0 Å². The van der Waals surface area contributed by atoms with Crippen molar-refractivity contribution in [1.29, 1.82) is 0 Å². The van der Waals surface area contributed by atoms with E-state index in [1.165, 1.54) is 22.3 Å². The Morgan fingerprint density at radius 3 is 2.07 bits per heavy atom. The SMILES string of the molecule is C.C.C[SiH2]OCC1=C(C)C(C)=C(C)C1. The zero-order valence-electron chi connectivity index (χ0n) is 8.53. The molecule has 1 aliphatic rings. The average Bonchev–Trinajstić information content (AvgIpc) is 2.30. The molecule has 0 spiro atoms. The van der Waals surface area contributed by atoms with Crippen LogP contribution in [0.25, 0.3) is 0 Å². The summed E-state index contributed by atoms with van der Waals surface area (Å²) >= 11 is 0. The van der Waals surface area contributed by atoms with Gasteiger partial charge in [-0.25, -0.2) is 0 Å². The van der Waals surface area contributed by atoms with E-state index in [0.717, 1.165) is 13.0 Å². The molecule has 1 aliphatic carbocycles. The first-order valence-electron chi connectivity index (χ1n) is 4.60. The standard InChI is InChI=1S/C10H18OSi.2CH4/c1-7-5-10(6-11-12-4)9(3)8(7)2;;/h5-6,12H2,1-4H3;2*1H4. The maximum Gasteiger partial charge on any atom is 0.159 e. The van der Waals surface area contributed by atoms with Crippen LogP contribution in [-0.4, -0.2) is 16.4 Å². The van der Waals surface area contributed by atoms with Crippen molar-refractivity contribution in [2.24, 2.45) is 0 Å². The third-order valence-corrected chi connectivity index (χ3v) is 3.30. The Morgan fingerprint density at radius 2 is 1.71 bits per heavy atom. The van der Waals surface area contributed by atoms with E-state index in [9.17, 15) is 0 Å². The number of hydrogen-bond donors (Lipinski definition) is 0. The lowest BCUT2D eigenvalue weighted by molar-refractivity contribution is 0.373. The smallest absolute Gasteiger partial charge is 0.159 e. The predicted molar refractivity (Wildman–Crippen MR) is 69.5 cm³/mol. The van der Waals surface area contributed by atoms with E-state index >= 15 is 0 Å². The van der Waals surface area contributed by atoms with Crippen LogP contribution < -0.4 is 0 Å². The minimum atomic E-state index is -0.229. The second-order valence-corrected chi connectivity index (χ2v) is 4.43. The molecule has 0 aromatic heterocycles. The molecule has 0 saturated carbocycles. The van der Waals surface area contributed by atoms with Crippen molar-refractivity contribution in [3.63, 3.8) is 0 Å². The molecular formula is C12H26OSi. The zero-order valence-corrected chi connectivity index (χ0v) is 9.94. The van der Waals surface area contributed by atoms with Crippen LogP contribution in [0, 0.1) is 0 Å². The maximum atomic E-state index is 5.54. The summed E-state index contributed by atoms with van der Waals surface area (Å²) in [6.45, 7) is 9.69. The van der Waals surface area contributed by atoms with Crippen LogP contribution in [0.2, 0.25) is 6.55 Å². The van der Waals surface area contributed by atoms with Gasteiger partial charge in [-0.1, -0.05) is 27.0 Å². The van der Waals surface area contributed by atoms with Crippen molar-refractivity contribution < 1.29 is 4.43 Å². The fourth-order valence-corrected chi connectivity index (χ4v) is 2.01. The van der Waals surface area contributed by atoms with Gasteiger partial charge in [-0.05, 0) is 43.9 Å². The summed E-state index contributed by atoms with van der Waals surface area (Å²) < 4.78 is 5.54. The Balaban J connectivity index is 0. The van der Waals surface area contributed by atoms with Gasteiger partial charge >= 0.3 is 0 Å². The molecule has 14 heavy (non-hydrogen) atoms. The lowest BCUT2D eigenvalue weighted by Crippen LogP contribution is -1.99. The zero-order chi connectivity index (χ0) is 9.14. The van der Waals surface area contributed by atoms with Gasteiger partial charge in [0, 0.05) is 0 Å². The molecule has 0 aliphatic heterocycles. The van der Waals surface area contributed by atoms with Gasteiger partial charge in [0.05, 0.1) is 6.61 Å². The van der Waals surface area contributed by atoms with Crippen LogP contribution >= 0.6 is 0 Å². The van der Waals surface area contributed by atoms with E-state index in [1.807, 2.05) is 0 Å². The van der Waals surface area contributed by atoms with Crippen LogP contribution in [0.5, 0.6) is 0 Å². The van der Waals surface area contributed by atoms with E-state index < -0.39 is 0 Å². The lowest BCUT2D eigenvalue weighted by Gasteiger charge is -2.04. The number of rotatable bonds is 3. The van der Waals surface area contributed by atoms with Gasteiger partial charge in [0.25, 0.3) is 0 Å². The molecular weight excluding hydrogens is 188 g/mol. The molecule has 0 bridgehead atoms. The van der Waals surface area contributed by atoms with E-state index in [2.05, 4.69) is 27.3 Å². The van der Waals surface area contributed by atoms with Crippen LogP contribution in [0.4, 0.5) is 0 Å². The average molecular weight is 214 g/mol. The van der Waals surface area contributed by atoms with E-state index in [-0.39, 0.29) is 24.6 Å². The highest BCUT2D eigenvalue weighted by Crippen LogP contribution is 2.31. The normalized spacial score (nSPS) is 16.3. The highest BCUT2D eigenvalue weighted by Gasteiger charge is 2.14. The molecule has 0 aromatic rings. The van der Waals surface area contributed by atoms with Crippen molar-refractivity contribution in [3.8, 4) is 0 Å².